The number of nitrogens with zero attached hydrogens (tertiary/aromatic N) is 2. The van der Waals surface area contributed by atoms with Gasteiger partial charge in [0, 0.05) is 13.5 Å². The Bertz CT molecular complexity index is 851. The highest BCUT2D eigenvalue weighted by Crippen LogP contribution is 2.29. The van der Waals surface area contributed by atoms with Crippen LogP contribution in [0.1, 0.15) is 41.0 Å². The maximum atomic E-state index is 12.6. The molecule has 1 aromatic heterocycles. The third-order valence-electron chi connectivity index (χ3n) is 3.19. The smallest absolute Gasteiger partial charge is 0.308 e. The number of para-hydroxylation sites is 1. The number of benzene rings is 1. The van der Waals surface area contributed by atoms with E-state index in [-0.39, 0.29) is 32.2 Å². The van der Waals surface area contributed by atoms with Crippen LogP contribution >= 0.6 is 11.3 Å². The average Bonchev–Trinajstić information content (AvgIpc) is 3.08. The van der Waals surface area contributed by atoms with Crippen LogP contribution in [0.15, 0.2) is 24.4 Å². The van der Waals surface area contributed by atoms with Gasteiger partial charge < -0.3 is 20.5 Å². The highest BCUT2D eigenvalue weighted by Gasteiger charge is 2.22. The summed E-state index contributed by atoms with van der Waals surface area (Å²) in [6, 6.07) is 4.29. The largest absolute Gasteiger partial charge is 0.733 e. The summed E-state index contributed by atoms with van der Waals surface area (Å²) in [6.07, 6.45) is 1.79. The first kappa shape index (κ1) is 20.3. The number of carbonyl (C=O) groups is 3. The predicted octanol–water partition coefficient (Wildman–Crippen LogP) is 2.15. The summed E-state index contributed by atoms with van der Waals surface area (Å²) >= 11 is 0.739. The van der Waals surface area contributed by atoms with Crippen LogP contribution in [0.5, 0.6) is 5.75 Å². The van der Waals surface area contributed by atoms with E-state index in [2.05, 4.69) is 15.6 Å². The van der Waals surface area contributed by atoms with Crippen molar-refractivity contribution in [2.24, 2.45) is 0 Å². The Morgan fingerprint density at radius 2 is 1.96 bits per heavy atom. The lowest BCUT2D eigenvalue weighted by Gasteiger charge is -2.17. The number of rotatable bonds is 7. The Labute approximate surface area is 158 Å². The fraction of sp³-hybridized carbons (Fsp3) is 0.250. The van der Waals surface area contributed by atoms with Crippen molar-refractivity contribution in [1.29, 1.82) is 0 Å². The summed E-state index contributed by atoms with van der Waals surface area (Å²) in [5, 5.41) is 24.3. The zero-order valence-electron chi connectivity index (χ0n) is 14.5. The number of thiazole rings is 1. The second-order valence-electron chi connectivity index (χ2n) is 5.26. The molecule has 11 heteroatoms. The summed E-state index contributed by atoms with van der Waals surface area (Å²) in [5.74, 6) is -2.06. The molecule has 0 saturated heterocycles. The van der Waals surface area contributed by atoms with Gasteiger partial charge in [-0.2, -0.15) is 0 Å². The van der Waals surface area contributed by atoms with Crippen LogP contribution in [0, 0.1) is 5.21 Å². The number of carbonyl (C=O) groups excluding carboxylic acids is 3. The third kappa shape index (κ3) is 5.23. The molecule has 0 fully saturated rings. The fourth-order valence-corrected chi connectivity index (χ4v) is 2.69. The van der Waals surface area contributed by atoms with Crippen LogP contribution in [0.2, 0.25) is 0 Å². The number of hydrogen-bond acceptors (Lipinski definition) is 9. The van der Waals surface area contributed by atoms with E-state index >= 15 is 0 Å². The zero-order chi connectivity index (χ0) is 20.0. The highest BCUT2D eigenvalue weighted by atomic mass is 32.1. The van der Waals surface area contributed by atoms with Crippen LogP contribution in [0.3, 0.4) is 0 Å². The molecule has 2 aromatic rings. The number of nitrogens with one attached hydrogen (secondary N) is 2. The normalized spacial score (nSPS) is 10.2. The molecule has 0 aliphatic carbocycles. The molecule has 10 nitrogen and oxygen atoms in total. The van der Waals surface area contributed by atoms with Gasteiger partial charge in [0.2, 0.25) is 0 Å². The molecular weight excluding hydrogens is 376 g/mol. The molecule has 1 aromatic carbocycles. The maximum absolute atomic E-state index is 12.6. The molecule has 0 unspecified atom stereocenters. The lowest BCUT2D eigenvalue weighted by Crippen LogP contribution is -2.26. The molecule has 0 aliphatic rings. The Morgan fingerprint density at radius 1 is 1.30 bits per heavy atom. The molecule has 0 aliphatic heterocycles. The standard InChI is InChI=1S/C16H17N4O6S/c1-3-7-17-14(22)10-5-4-6-11(13(10)26-9(2)21)15(23)19-16-18-8-12(27-16)20(24)25/h4-6,8,24H,3,7H2,1-2H3,(H,17,22)(H,18,19,23)/q-1. The van der Waals surface area contributed by atoms with Crippen LogP contribution < -0.4 is 20.6 Å². The Balaban J connectivity index is 2.34. The first-order chi connectivity index (χ1) is 12.8. The summed E-state index contributed by atoms with van der Waals surface area (Å²) in [6.45, 7) is 3.46. The van der Waals surface area contributed by atoms with Gasteiger partial charge in [0.15, 0.2) is 10.9 Å². The monoisotopic (exact) mass is 393 g/mol. The van der Waals surface area contributed by atoms with Gasteiger partial charge in [-0.25, -0.2) is 4.98 Å². The van der Waals surface area contributed by atoms with Crippen LogP contribution in [0.25, 0.3) is 0 Å². The van der Waals surface area contributed by atoms with Crippen LogP contribution in [0.4, 0.5) is 10.1 Å². The molecule has 0 spiro atoms. The van der Waals surface area contributed by atoms with Crippen molar-refractivity contribution >= 4 is 39.3 Å². The minimum absolute atomic E-state index is 0.0345. The topological polar surface area (TPSA) is 144 Å². The third-order valence-corrected chi connectivity index (χ3v) is 4.06. The van der Waals surface area contributed by atoms with E-state index in [1.165, 1.54) is 18.2 Å². The maximum Gasteiger partial charge on any atom is 0.308 e. The molecule has 0 bridgehead atoms. The van der Waals surface area contributed by atoms with E-state index in [4.69, 9.17) is 9.94 Å². The Morgan fingerprint density at radius 3 is 2.52 bits per heavy atom. The summed E-state index contributed by atoms with van der Waals surface area (Å²) in [5.41, 5.74) is -0.0266. The van der Waals surface area contributed by atoms with Crippen molar-refractivity contribution in [2.45, 2.75) is 20.3 Å². The van der Waals surface area contributed by atoms with Gasteiger partial charge in [0.1, 0.15) is 5.00 Å². The summed E-state index contributed by atoms with van der Waals surface area (Å²) in [7, 11) is 0. The zero-order valence-corrected chi connectivity index (χ0v) is 15.3. The second kappa shape index (κ2) is 9.07. The highest BCUT2D eigenvalue weighted by molar-refractivity contribution is 7.19. The van der Waals surface area contributed by atoms with Crippen molar-refractivity contribution in [3.05, 3.63) is 40.7 Å². The van der Waals surface area contributed by atoms with Crippen LogP contribution in [-0.2, 0) is 4.79 Å². The minimum atomic E-state index is -0.701. The van der Waals surface area contributed by atoms with Crippen molar-refractivity contribution in [3.8, 4) is 5.75 Å². The molecule has 0 radical (unpaired) electrons. The minimum Gasteiger partial charge on any atom is -0.733 e. The van der Waals surface area contributed by atoms with Crippen molar-refractivity contribution < 1.29 is 24.3 Å². The molecule has 1 heterocycles. The van der Waals surface area contributed by atoms with E-state index in [1.807, 2.05) is 6.92 Å². The van der Waals surface area contributed by atoms with Crippen molar-refractivity contribution in [1.82, 2.24) is 10.3 Å². The molecule has 27 heavy (non-hydrogen) atoms. The second-order valence-corrected chi connectivity index (χ2v) is 6.27. The molecule has 2 amide bonds. The van der Waals surface area contributed by atoms with Crippen LogP contribution in [-0.4, -0.2) is 34.5 Å². The number of aromatic nitrogens is 1. The predicted molar refractivity (Wildman–Crippen MR) is 98.1 cm³/mol. The van der Waals surface area contributed by atoms with E-state index in [1.54, 1.807) is 0 Å². The van der Waals surface area contributed by atoms with Gasteiger partial charge in [-0.15, -0.1) is 0 Å². The average molecular weight is 393 g/mol. The lowest BCUT2D eigenvalue weighted by molar-refractivity contribution is -0.131. The molecule has 0 atom stereocenters. The van der Waals surface area contributed by atoms with Gasteiger partial charge in [0.05, 0.1) is 17.3 Å². The summed E-state index contributed by atoms with van der Waals surface area (Å²) in [4.78, 5) is 40.1. The Kier molecular flexibility index (Phi) is 6.82. The summed E-state index contributed by atoms with van der Waals surface area (Å²) < 4.78 is 5.10. The number of amides is 2. The molecule has 3 N–H and O–H groups in total. The van der Waals surface area contributed by atoms with Crippen molar-refractivity contribution in [2.75, 3.05) is 17.1 Å². The number of ether oxygens (including phenoxy) is 1. The van der Waals surface area contributed by atoms with Gasteiger partial charge in [-0.05, 0) is 18.6 Å². The van der Waals surface area contributed by atoms with Gasteiger partial charge in [-0.1, -0.05) is 24.3 Å². The SMILES string of the molecule is CCCNC(=O)c1cccc(C(=O)Nc2ncc(N([O-])O)s2)c1OC(C)=O. The molecular formula is C16H17N4O6S-. The van der Waals surface area contributed by atoms with Gasteiger partial charge in [-0.3, -0.25) is 24.9 Å². The van der Waals surface area contributed by atoms with E-state index in [9.17, 15) is 19.6 Å². The number of anilines is 2. The number of esters is 1. The lowest BCUT2D eigenvalue weighted by atomic mass is 10.1. The molecule has 2 rings (SSSR count). The van der Waals surface area contributed by atoms with Gasteiger partial charge >= 0.3 is 5.97 Å². The Hall–Kier alpha value is -3.02. The first-order valence-electron chi connectivity index (χ1n) is 7.86. The van der Waals surface area contributed by atoms with E-state index < -0.39 is 17.8 Å². The molecule has 0 saturated carbocycles. The molecule has 144 valence electrons. The van der Waals surface area contributed by atoms with Gasteiger partial charge in [0.25, 0.3) is 11.8 Å². The fourth-order valence-electron chi connectivity index (χ4n) is 2.06. The van der Waals surface area contributed by atoms with E-state index in [0.717, 1.165) is 24.5 Å². The quantitative estimate of drug-likeness (QED) is 0.369. The first-order valence-corrected chi connectivity index (χ1v) is 8.68. The van der Waals surface area contributed by atoms with Crippen molar-refractivity contribution in [3.63, 3.8) is 0 Å². The number of hydrogen-bond donors (Lipinski definition) is 3. The van der Waals surface area contributed by atoms with E-state index in [0.29, 0.717) is 13.0 Å².